The van der Waals surface area contributed by atoms with Gasteiger partial charge in [0.1, 0.15) is 5.75 Å². The molecule has 2 aromatic rings. The fraction of sp³-hybridized carbons (Fsp3) is 0.176. The largest absolute Gasteiger partial charge is 0.483 e. The van der Waals surface area contributed by atoms with Gasteiger partial charge in [-0.2, -0.15) is 0 Å². The van der Waals surface area contributed by atoms with Gasteiger partial charge in [0.25, 0.3) is 11.8 Å². The normalized spacial score (nSPS) is 11.6. The average Bonchev–Trinajstić information content (AvgIpc) is 2.54. The zero-order valence-electron chi connectivity index (χ0n) is 12.6. The quantitative estimate of drug-likeness (QED) is 0.853. The maximum atomic E-state index is 12.0. The lowest BCUT2D eigenvalue weighted by Gasteiger charge is -2.15. The Morgan fingerprint density at radius 3 is 2.57 bits per heavy atom. The van der Waals surface area contributed by atoms with Gasteiger partial charge >= 0.3 is 0 Å². The lowest BCUT2D eigenvalue weighted by molar-refractivity contribution is -0.123. The number of nitrogens with two attached hydrogens (primary N) is 1. The second-order valence-electron chi connectivity index (χ2n) is 4.99. The lowest BCUT2D eigenvalue weighted by atomic mass is 10.1. The highest BCUT2D eigenvalue weighted by atomic mass is 35.5. The van der Waals surface area contributed by atoms with Crippen LogP contribution in [0, 0.1) is 0 Å². The SMILES string of the molecule is C[C@@H](NC(=O)COc1ccc(Cl)cc1C(N)=O)c1ccccc1. The fourth-order valence-electron chi connectivity index (χ4n) is 2.07. The molecule has 0 unspecified atom stereocenters. The molecular weight excluding hydrogens is 316 g/mol. The van der Waals surface area contributed by atoms with Crippen molar-refractivity contribution in [3.05, 3.63) is 64.7 Å². The minimum atomic E-state index is -0.666. The summed E-state index contributed by atoms with van der Waals surface area (Å²) in [5.74, 6) is -0.739. The van der Waals surface area contributed by atoms with Crippen LogP contribution in [0.5, 0.6) is 5.75 Å². The predicted molar refractivity (Wildman–Crippen MR) is 88.5 cm³/mol. The topological polar surface area (TPSA) is 81.4 Å². The Kier molecular flexibility index (Phi) is 5.60. The van der Waals surface area contributed by atoms with Gasteiger partial charge in [-0.05, 0) is 30.7 Å². The van der Waals surface area contributed by atoms with Crippen molar-refractivity contribution in [3.8, 4) is 5.75 Å². The van der Waals surface area contributed by atoms with Crippen LogP contribution in [0.4, 0.5) is 0 Å². The van der Waals surface area contributed by atoms with Crippen molar-refractivity contribution < 1.29 is 14.3 Å². The Bertz CT molecular complexity index is 704. The predicted octanol–water partition coefficient (Wildman–Crippen LogP) is 2.70. The Morgan fingerprint density at radius 1 is 1.22 bits per heavy atom. The highest BCUT2D eigenvalue weighted by molar-refractivity contribution is 6.31. The number of rotatable bonds is 6. The number of benzene rings is 2. The van der Waals surface area contributed by atoms with Gasteiger partial charge in [-0.1, -0.05) is 41.9 Å². The molecule has 0 aliphatic heterocycles. The number of amides is 2. The third kappa shape index (κ3) is 4.72. The Hall–Kier alpha value is -2.53. The van der Waals surface area contributed by atoms with Gasteiger partial charge in [-0.3, -0.25) is 9.59 Å². The molecule has 23 heavy (non-hydrogen) atoms. The minimum absolute atomic E-state index is 0.140. The summed E-state index contributed by atoms with van der Waals surface area (Å²) < 4.78 is 5.38. The summed E-state index contributed by atoms with van der Waals surface area (Å²) in [5, 5.41) is 3.19. The molecule has 0 saturated heterocycles. The molecule has 0 aliphatic carbocycles. The van der Waals surface area contributed by atoms with E-state index in [9.17, 15) is 9.59 Å². The van der Waals surface area contributed by atoms with E-state index in [0.29, 0.717) is 5.02 Å². The number of hydrogen-bond donors (Lipinski definition) is 2. The van der Waals surface area contributed by atoms with Crippen molar-refractivity contribution >= 4 is 23.4 Å². The molecular formula is C17H17ClN2O3. The Morgan fingerprint density at radius 2 is 1.91 bits per heavy atom. The van der Waals surface area contributed by atoms with Crippen LogP contribution in [0.3, 0.4) is 0 Å². The summed E-state index contributed by atoms with van der Waals surface area (Å²) in [6, 6.07) is 13.9. The molecule has 0 radical (unpaired) electrons. The molecule has 0 aromatic heterocycles. The van der Waals surface area contributed by atoms with E-state index in [4.69, 9.17) is 22.1 Å². The van der Waals surface area contributed by atoms with E-state index in [-0.39, 0.29) is 29.9 Å². The van der Waals surface area contributed by atoms with E-state index >= 15 is 0 Å². The van der Waals surface area contributed by atoms with Gasteiger partial charge in [0.2, 0.25) is 0 Å². The van der Waals surface area contributed by atoms with Gasteiger partial charge in [-0.25, -0.2) is 0 Å². The average molecular weight is 333 g/mol. The van der Waals surface area contributed by atoms with Crippen LogP contribution in [0.2, 0.25) is 5.02 Å². The summed E-state index contributed by atoms with van der Waals surface area (Å²) in [6.45, 7) is 1.66. The molecule has 0 bridgehead atoms. The van der Waals surface area contributed by atoms with Gasteiger partial charge < -0.3 is 15.8 Å². The van der Waals surface area contributed by atoms with E-state index in [0.717, 1.165) is 5.56 Å². The fourth-order valence-corrected chi connectivity index (χ4v) is 2.24. The number of hydrogen-bond acceptors (Lipinski definition) is 3. The third-order valence-electron chi connectivity index (χ3n) is 3.24. The van der Waals surface area contributed by atoms with E-state index in [1.165, 1.54) is 12.1 Å². The van der Waals surface area contributed by atoms with Gasteiger partial charge in [-0.15, -0.1) is 0 Å². The van der Waals surface area contributed by atoms with Crippen LogP contribution in [0.25, 0.3) is 0 Å². The smallest absolute Gasteiger partial charge is 0.258 e. The molecule has 1 atom stereocenters. The molecule has 120 valence electrons. The first kappa shape index (κ1) is 16.8. The molecule has 2 amide bonds. The zero-order valence-corrected chi connectivity index (χ0v) is 13.3. The number of ether oxygens (including phenoxy) is 1. The molecule has 0 fully saturated rings. The van der Waals surface area contributed by atoms with Crippen LogP contribution >= 0.6 is 11.6 Å². The van der Waals surface area contributed by atoms with E-state index in [1.54, 1.807) is 6.07 Å². The first-order valence-corrected chi connectivity index (χ1v) is 7.41. The molecule has 0 saturated carbocycles. The Balaban J connectivity index is 1.96. The van der Waals surface area contributed by atoms with Crippen LogP contribution in [0.1, 0.15) is 28.9 Å². The maximum Gasteiger partial charge on any atom is 0.258 e. The van der Waals surface area contributed by atoms with Gasteiger partial charge in [0.15, 0.2) is 6.61 Å². The first-order chi connectivity index (χ1) is 11.0. The molecule has 3 N–H and O–H groups in total. The number of carbonyl (C=O) groups excluding carboxylic acids is 2. The maximum absolute atomic E-state index is 12.0. The minimum Gasteiger partial charge on any atom is -0.483 e. The third-order valence-corrected chi connectivity index (χ3v) is 3.48. The van der Waals surface area contributed by atoms with Crippen LogP contribution in [-0.4, -0.2) is 18.4 Å². The number of halogens is 1. The monoisotopic (exact) mass is 332 g/mol. The summed E-state index contributed by atoms with van der Waals surface area (Å²) in [5.41, 5.74) is 6.40. The van der Waals surface area contributed by atoms with Crippen LogP contribution in [0.15, 0.2) is 48.5 Å². The second-order valence-corrected chi connectivity index (χ2v) is 5.43. The van der Waals surface area contributed by atoms with Crippen LogP contribution < -0.4 is 15.8 Å². The van der Waals surface area contributed by atoms with Crippen molar-refractivity contribution in [1.82, 2.24) is 5.32 Å². The molecule has 0 heterocycles. The number of carbonyl (C=O) groups is 2. The summed E-state index contributed by atoms with van der Waals surface area (Å²) in [6.07, 6.45) is 0. The number of nitrogens with one attached hydrogen (secondary N) is 1. The number of primary amides is 1. The molecule has 0 aliphatic rings. The highest BCUT2D eigenvalue weighted by Crippen LogP contribution is 2.22. The lowest BCUT2D eigenvalue weighted by Crippen LogP contribution is -2.31. The van der Waals surface area contributed by atoms with E-state index in [2.05, 4.69) is 5.32 Å². The standard InChI is InChI=1S/C17H17ClN2O3/c1-11(12-5-3-2-4-6-12)20-16(21)10-23-15-8-7-13(18)9-14(15)17(19)22/h2-9,11H,10H2,1H3,(H2,19,22)(H,20,21)/t11-/m1/s1. The Labute approximate surface area is 139 Å². The van der Waals surface area contributed by atoms with Crippen molar-refractivity contribution in [2.75, 3.05) is 6.61 Å². The van der Waals surface area contributed by atoms with Gasteiger partial charge in [0.05, 0.1) is 11.6 Å². The van der Waals surface area contributed by atoms with Crippen molar-refractivity contribution in [1.29, 1.82) is 0 Å². The summed E-state index contributed by atoms with van der Waals surface area (Å²) >= 11 is 5.82. The van der Waals surface area contributed by atoms with E-state index < -0.39 is 5.91 Å². The molecule has 2 aromatic carbocycles. The second kappa shape index (κ2) is 7.65. The van der Waals surface area contributed by atoms with Crippen LogP contribution in [-0.2, 0) is 4.79 Å². The van der Waals surface area contributed by atoms with Crippen molar-refractivity contribution in [2.45, 2.75) is 13.0 Å². The zero-order chi connectivity index (χ0) is 16.8. The molecule has 5 nitrogen and oxygen atoms in total. The highest BCUT2D eigenvalue weighted by Gasteiger charge is 2.13. The van der Waals surface area contributed by atoms with Crippen molar-refractivity contribution in [3.63, 3.8) is 0 Å². The molecule has 6 heteroatoms. The van der Waals surface area contributed by atoms with E-state index in [1.807, 2.05) is 37.3 Å². The first-order valence-electron chi connectivity index (χ1n) is 7.04. The summed E-state index contributed by atoms with van der Waals surface area (Å²) in [7, 11) is 0. The summed E-state index contributed by atoms with van der Waals surface area (Å²) in [4.78, 5) is 23.3. The molecule has 0 spiro atoms. The van der Waals surface area contributed by atoms with Gasteiger partial charge in [0, 0.05) is 5.02 Å². The molecule has 2 rings (SSSR count). The van der Waals surface area contributed by atoms with Crippen molar-refractivity contribution in [2.24, 2.45) is 5.73 Å².